The van der Waals surface area contributed by atoms with Crippen LogP contribution in [0, 0.1) is 0 Å². The Morgan fingerprint density at radius 3 is 2.45 bits per heavy atom. The second kappa shape index (κ2) is 9.80. The summed E-state index contributed by atoms with van der Waals surface area (Å²) >= 11 is 5.94. The van der Waals surface area contributed by atoms with Crippen LogP contribution in [0.1, 0.15) is 0 Å². The number of benzene rings is 1. The zero-order chi connectivity index (χ0) is 22.4. The average Bonchev–Trinajstić information content (AvgIpc) is 2.69. The van der Waals surface area contributed by atoms with Crippen LogP contribution < -0.4 is 15.4 Å². The van der Waals surface area contributed by atoms with Gasteiger partial charge in [0.2, 0.25) is 5.95 Å². The van der Waals surface area contributed by atoms with Gasteiger partial charge in [-0.2, -0.15) is 4.98 Å². The van der Waals surface area contributed by atoms with Gasteiger partial charge in [0.25, 0.3) is 0 Å². The molecule has 0 aliphatic heterocycles. The first-order chi connectivity index (χ1) is 14.7. The number of hydrogen-bond acceptors (Lipinski definition) is 7. The normalized spacial score (nSPS) is 11.5. The highest BCUT2D eigenvalue weighted by Crippen LogP contribution is 2.33. The summed E-state index contributed by atoms with van der Waals surface area (Å²) in [6, 6.07) is 9.24. The molecule has 0 amide bonds. The monoisotopic (exact) mass is 452 g/mol. The fraction of sp³-hybridized carbons (Fsp3) is 0.250. The summed E-state index contributed by atoms with van der Waals surface area (Å²) in [5.41, 5.74) is 1.93. The van der Waals surface area contributed by atoms with E-state index in [2.05, 4.69) is 30.3 Å². The summed E-state index contributed by atoms with van der Waals surface area (Å²) in [5, 5.41) is 6.03. The fourth-order valence-electron chi connectivity index (χ4n) is 2.59. The van der Waals surface area contributed by atoms with E-state index in [0.29, 0.717) is 29.7 Å². The molecule has 2 heterocycles. The third-order valence-corrected chi connectivity index (χ3v) is 4.27. The molecule has 2 N–H and O–H groups in total. The molecule has 0 spiro atoms. The molecule has 0 radical (unpaired) electrons. The van der Waals surface area contributed by atoms with Gasteiger partial charge in [0.15, 0.2) is 0 Å². The number of aromatic nitrogens is 3. The number of pyridine rings is 1. The molecular weight excluding hydrogens is 433 g/mol. The highest BCUT2D eigenvalue weighted by molar-refractivity contribution is 6.32. The van der Waals surface area contributed by atoms with Crippen LogP contribution in [0.5, 0.6) is 5.75 Å². The number of rotatable bonds is 8. The maximum Gasteiger partial charge on any atom is 0.573 e. The molecule has 31 heavy (non-hydrogen) atoms. The number of anilines is 3. The van der Waals surface area contributed by atoms with Crippen LogP contribution in [0.4, 0.5) is 30.6 Å². The summed E-state index contributed by atoms with van der Waals surface area (Å²) in [7, 11) is 3.91. The van der Waals surface area contributed by atoms with Crippen molar-refractivity contribution in [3.8, 4) is 17.0 Å². The Bertz CT molecular complexity index is 1020. The summed E-state index contributed by atoms with van der Waals surface area (Å²) in [5.74, 6) is 0.363. The number of alkyl halides is 3. The van der Waals surface area contributed by atoms with E-state index in [9.17, 15) is 13.2 Å². The van der Waals surface area contributed by atoms with E-state index < -0.39 is 12.1 Å². The van der Waals surface area contributed by atoms with Gasteiger partial charge in [-0.3, -0.25) is 4.98 Å². The first-order valence-corrected chi connectivity index (χ1v) is 9.58. The molecule has 164 valence electrons. The second-order valence-corrected chi connectivity index (χ2v) is 7.15. The predicted octanol–water partition coefficient (Wildman–Crippen LogP) is 4.81. The zero-order valence-corrected chi connectivity index (χ0v) is 17.5. The summed E-state index contributed by atoms with van der Waals surface area (Å²) in [6.45, 7) is 1.41. The van der Waals surface area contributed by atoms with Gasteiger partial charge in [-0.1, -0.05) is 11.6 Å². The molecule has 7 nitrogen and oxygen atoms in total. The van der Waals surface area contributed by atoms with Crippen molar-refractivity contribution in [2.24, 2.45) is 0 Å². The quantitative estimate of drug-likeness (QED) is 0.508. The van der Waals surface area contributed by atoms with Gasteiger partial charge < -0.3 is 20.3 Å². The van der Waals surface area contributed by atoms with Gasteiger partial charge in [0, 0.05) is 42.8 Å². The first kappa shape index (κ1) is 22.6. The summed E-state index contributed by atoms with van der Waals surface area (Å²) in [6.07, 6.45) is -1.51. The lowest BCUT2D eigenvalue weighted by Crippen LogP contribution is -2.21. The Labute approximate surface area is 182 Å². The molecule has 0 atom stereocenters. The van der Waals surface area contributed by atoms with Crippen molar-refractivity contribution < 1.29 is 17.9 Å². The number of ether oxygens (including phenoxy) is 1. The van der Waals surface area contributed by atoms with Crippen molar-refractivity contribution in [1.29, 1.82) is 0 Å². The van der Waals surface area contributed by atoms with Crippen LogP contribution in [0.2, 0.25) is 5.02 Å². The number of nitrogens with one attached hydrogen (secondary N) is 2. The number of likely N-dealkylation sites (N-methyl/N-ethyl adjacent to an activating group) is 1. The Balaban J connectivity index is 1.86. The maximum atomic E-state index is 12.4. The standard InChI is InChI=1S/C20H20ClF3N6O/c1-30(2)10-9-26-19-28-16(13-5-7-25-8-6-13)12-18(29-19)27-14-3-4-17(15(21)11-14)31-20(22,23)24/h3-8,11-12H,9-10H2,1-2H3,(H2,26,27,28,29). The highest BCUT2D eigenvalue weighted by Gasteiger charge is 2.32. The Morgan fingerprint density at radius 1 is 1.06 bits per heavy atom. The first-order valence-electron chi connectivity index (χ1n) is 9.20. The Morgan fingerprint density at radius 2 is 1.81 bits per heavy atom. The molecule has 0 fully saturated rings. The van der Waals surface area contributed by atoms with Crippen LogP contribution in [-0.4, -0.2) is 53.4 Å². The average molecular weight is 453 g/mol. The van der Waals surface area contributed by atoms with Gasteiger partial charge in [-0.25, -0.2) is 4.98 Å². The largest absolute Gasteiger partial charge is 0.573 e. The van der Waals surface area contributed by atoms with Gasteiger partial charge in [-0.05, 0) is 44.4 Å². The van der Waals surface area contributed by atoms with Gasteiger partial charge in [0.1, 0.15) is 11.6 Å². The van der Waals surface area contributed by atoms with E-state index in [0.717, 1.165) is 18.2 Å². The SMILES string of the molecule is CN(C)CCNc1nc(Nc2ccc(OC(F)(F)F)c(Cl)c2)cc(-c2ccncc2)n1. The van der Waals surface area contributed by atoms with E-state index in [1.807, 2.05) is 31.1 Å². The summed E-state index contributed by atoms with van der Waals surface area (Å²) in [4.78, 5) is 15.0. The van der Waals surface area contributed by atoms with E-state index >= 15 is 0 Å². The molecule has 3 aromatic rings. The van der Waals surface area contributed by atoms with Crippen molar-refractivity contribution in [2.75, 3.05) is 37.8 Å². The van der Waals surface area contributed by atoms with Crippen molar-refractivity contribution in [1.82, 2.24) is 19.9 Å². The molecule has 1 aromatic carbocycles. The summed E-state index contributed by atoms with van der Waals surface area (Å²) < 4.78 is 41.2. The predicted molar refractivity (Wildman–Crippen MR) is 114 cm³/mol. The van der Waals surface area contributed by atoms with Crippen LogP contribution >= 0.6 is 11.6 Å². The van der Waals surface area contributed by atoms with Crippen LogP contribution in [-0.2, 0) is 0 Å². The lowest BCUT2D eigenvalue weighted by molar-refractivity contribution is -0.274. The van der Waals surface area contributed by atoms with E-state index in [1.165, 1.54) is 12.1 Å². The Kier molecular flexibility index (Phi) is 7.13. The number of nitrogens with zero attached hydrogens (tertiary/aromatic N) is 4. The minimum atomic E-state index is -4.82. The van der Waals surface area contributed by atoms with Crippen LogP contribution in [0.25, 0.3) is 11.3 Å². The third kappa shape index (κ3) is 6.97. The molecule has 0 aliphatic carbocycles. The van der Waals surface area contributed by atoms with Crippen molar-refractivity contribution >= 4 is 29.1 Å². The number of hydrogen-bond donors (Lipinski definition) is 2. The zero-order valence-electron chi connectivity index (χ0n) is 16.7. The van der Waals surface area contributed by atoms with Crippen molar-refractivity contribution in [3.05, 3.63) is 53.8 Å². The molecule has 0 saturated carbocycles. The molecule has 0 aliphatic rings. The topological polar surface area (TPSA) is 75.2 Å². The molecular formula is C20H20ClF3N6O. The van der Waals surface area contributed by atoms with Crippen molar-refractivity contribution in [2.45, 2.75) is 6.36 Å². The van der Waals surface area contributed by atoms with Gasteiger partial charge in [0.05, 0.1) is 10.7 Å². The lowest BCUT2D eigenvalue weighted by Gasteiger charge is -2.14. The van der Waals surface area contributed by atoms with Gasteiger partial charge in [-0.15, -0.1) is 13.2 Å². The van der Waals surface area contributed by atoms with E-state index in [-0.39, 0.29) is 5.02 Å². The number of halogens is 4. The van der Waals surface area contributed by atoms with Gasteiger partial charge >= 0.3 is 6.36 Å². The fourth-order valence-corrected chi connectivity index (χ4v) is 2.81. The minimum Gasteiger partial charge on any atom is -0.404 e. The third-order valence-electron chi connectivity index (χ3n) is 3.97. The molecule has 11 heteroatoms. The van der Waals surface area contributed by atoms with E-state index in [1.54, 1.807) is 18.5 Å². The van der Waals surface area contributed by atoms with Crippen molar-refractivity contribution in [3.63, 3.8) is 0 Å². The highest BCUT2D eigenvalue weighted by atomic mass is 35.5. The lowest BCUT2D eigenvalue weighted by atomic mass is 10.2. The molecule has 0 saturated heterocycles. The minimum absolute atomic E-state index is 0.185. The van der Waals surface area contributed by atoms with Crippen LogP contribution in [0.15, 0.2) is 48.8 Å². The van der Waals surface area contributed by atoms with Crippen LogP contribution in [0.3, 0.4) is 0 Å². The molecule has 0 bridgehead atoms. The Hall–Kier alpha value is -3.11. The molecule has 2 aromatic heterocycles. The second-order valence-electron chi connectivity index (χ2n) is 6.75. The van der Waals surface area contributed by atoms with E-state index in [4.69, 9.17) is 11.6 Å². The molecule has 3 rings (SSSR count). The molecule has 0 unspecified atom stereocenters. The maximum absolute atomic E-state index is 12.4. The smallest absolute Gasteiger partial charge is 0.404 e.